The Morgan fingerprint density at radius 3 is 2.21 bits per heavy atom. The summed E-state index contributed by atoms with van der Waals surface area (Å²) in [6, 6.07) is 0. The van der Waals surface area contributed by atoms with Crippen molar-refractivity contribution in [3.05, 3.63) is 0 Å². The van der Waals surface area contributed by atoms with Crippen LogP contribution in [0, 0.1) is 5.92 Å². The Labute approximate surface area is 84.9 Å². The summed E-state index contributed by atoms with van der Waals surface area (Å²) in [4.78, 5) is 26.3. The lowest BCUT2D eigenvalue weighted by Crippen LogP contribution is -2.50. The lowest BCUT2D eigenvalue weighted by Gasteiger charge is -2.35. The van der Waals surface area contributed by atoms with Crippen LogP contribution in [0.1, 0.15) is 27.2 Å². The minimum absolute atomic E-state index is 0.0157. The third-order valence-electron chi connectivity index (χ3n) is 2.45. The van der Waals surface area contributed by atoms with Crippen LogP contribution in [0.25, 0.3) is 0 Å². The van der Waals surface area contributed by atoms with Crippen molar-refractivity contribution >= 4 is 11.8 Å². The zero-order valence-corrected chi connectivity index (χ0v) is 9.12. The molecule has 4 nitrogen and oxygen atoms in total. The van der Waals surface area contributed by atoms with E-state index in [9.17, 15) is 9.59 Å². The Bertz CT molecular complexity index is 238. The van der Waals surface area contributed by atoms with Crippen molar-refractivity contribution in [2.75, 3.05) is 19.8 Å². The van der Waals surface area contributed by atoms with Gasteiger partial charge in [-0.25, -0.2) is 0 Å². The highest BCUT2D eigenvalue weighted by molar-refractivity contribution is 5.79. The number of carbonyl (C=O) groups excluding carboxylic acids is 2. The van der Waals surface area contributed by atoms with Crippen molar-refractivity contribution in [3.63, 3.8) is 0 Å². The first-order valence-electron chi connectivity index (χ1n) is 5.06. The number of hydrogen-bond acceptors (Lipinski definition) is 2. The quantitative estimate of drug-likeness (QED) is 0.621. The molecule has 1 heterocycles. The van der Waals surface area contributed by atoms with Gasteiger partial charge in [-0.3, -0.25) is 9.59 Å². The molecule has 0 spiro atoms. The molecule has 0 saturated carbocycles. The fourth-order valence-electron chi connectivity index (χ4n) is 1.60. The van der Waals surface area contributed by atoms with Gasteiger partial charge in [0.2, 0.25) is 11.8 Å². The van der Waals surface area contributed by atoms with Crippen LogP contribution >= 0.6 is 0 Å². The monoisotopic (exact) mass is 198 g/mol. The molecule has 2 amide bonds. The zero-order chi connectivity index (χ0) is 10.7. The third-order valence-corrected chi connectivity index (χ3v) is 2.45. The number of carbonyl (C=O) groups is 2. The van der Waals surface area contributed by atoms with Crippen LogP contribution in [0.3, 0.4) is 0 Å². The van der Waals surface area contributed by atoms with Gasteiger partial charge in [-0.15, -0.1) is 0 Å². The van der Waals surface area contributed by atoms with Crippen LogP contribution in [-0.2, 0) is 9.59 Å². The van der Waals surface area contributed by atoms with E-state index >= 15 is 0 Å². The van der Waals surface area contributed by atoms with E-state index in [1.165, 1.54) is 0 Å². The second-order valence-corrected chi connectivity index (χ2v) is 4.03. The first-order valence-corrected chi connectivity index (χ1v) is 5.06. The van der Waals surface area contributed by atoms with Crippen LogP contribution in [0.4, 0.5) is 0 Å². The molecule has 0 aromatic rings. The molecule has 0 bridgehead atoms. The maximum atomic E-state index is 11.7. The summed E-state index contributed by atoms with van der Waals surface area (Å²) in [6.45, 7) is 7.33. The number of rotatable bonds is 1. The molecule has 1 aliphatic heterocycles. The molecule has 4 heteroatoms. The first-order chi connectivity index (χ1) is 6.52. The van der Waals surface area contributed by atoms with Gasteiger partial charge in [0.25, 0.3) is 0 Å². The fraction of sp³-hybridized carbons (Fsp3) is 0.800. The smallest absolute Gasteiger partial charge is 0.226 e. The standard InChI is InChI=1S/C10H18N2O2/c1-8(2)10(14)12-6-4-5-11(7-12)9(3)13/h8H,4-7H2,1-3H3. The van der Waals surface area contributed by atoms with Gasteiger partial charge in [0.1, 0.15) is 0 Å². The molecule has 0 aromatic heterocycles. The summed E-state index contributed by atoms with van der Waals surface area (Å²) < 4.78 is 0. The molecule has 0 N–H and O–H groups in total. The van der Waals surface area contributed by atoms with E-state index in [2.05, 4.69) is 0 Å². The molecule has 0 radical (unpaired) electrons. The second-order valence-electron chi connectivity index (χ2n) is 4.03. The van der Waals surface area contributed by atoms with E-state index in [1.807, 2.05) is 13.8 Å². The maximum Gasteiger partial charge on any atom is 0.226 e. The molecule has 0 unspecified atom stereocenters. The van der Waals surface area contributed by atoms with Gasteiger partial charge >= 0.3 is 0 Å². The average molecular weight is 198 g/mol. The Morgan fingerprint density at radius 1 is 1.14 bits per heavy atom. The Hall–Kier alpha value is -1.06. The summed E-state index contributed by atoms with van der Waals surface area (Å²) in [5.74, 6) is 0.198. The minimum Gasteiger partial charge on any atom is -0.325 e. The number of nitrogens with zero attached hydrogens (tertiary/aromatic N) is 2. The van der Waals surface area contributed by atoms with E-state index in [0.717, 1.165) is 19.5 Å². The van der Waals surface area contributed by atoms with Gasteiger partial charge < -0.3 is 9.80 Å². The molecule has 0 aliphatic carbocycles. The van der Waals surface area contributed by atoms with E-state index in [-0.39, 0.29) is 17.7 Å². The molecule has 1 fully saturated rings. The maximum absolute atomic E-state index is 11.7. The van der Waals surface area contributed by atoms with Crippen LogP contribution in [0.2, 0.25) is 0 Å². The zero-order valence-electron chi connectivity index (χ0n) is 9.12. The van der Waals surface area contributed by atoms with E-state index in [4.69, 9.17) is 0 Å². The van der Waals surface area contributed by atoms with Crippen molar-refractivity contribution in [2.24, 2.45) is 5.92 Å². The average Bonchev–Trinajstić information content (AvgIpc) is 2.16. The van der Waals surface area contributed by atoms with Crippen LogP contribution in [-0.4, -0.2) is 41.4 Å². The molecular weight excluding hydrogens is 180 g/mol. The van der Waals surface area contributed by atoms with Gasteiger partial charge in [-0.1, -0.05) is 13.8 Å². The summed E-state index contributed by atoms with van der Waals surface area (Å²) >= 11 is 0. The molecule has 1 aliphatic rings. The number of hydrogen-bond donors (Lipinski definition) is 0. The molecule has 1 rings (SSSR count). The summed E-state index contributed by atoms with van der Waals surface area (Å²) in [7, 11) is 0. The van der Waals surface area contributed by atoms with Gasteiger partial charge in [-0.2, -0.15) is 0 Å². The number of amides is 2. The summed E-state index contributed by atoms with van der Waals surface area (Å²) in [5.41, 5.74) is 0. The second kappa shape index (κ2) is 4.44. The highest BCUT2D eigenvalue weighted by Crippen LogP contribution is 2.09. The highest BCUT2D eigenvalue weighted by Gasteiger charge is 2.24. The Kier molecular flexibility index (Phi) is 3.49. The topological polar surface area (TPSA) is 40.6 Å². The van der Waals surface area contributed by atoms with Crippen molar-refractivity contribution in [1.29, 1.82) is 0 Å². The van der Waals surface area contributed by atoms with Crippen molar-refractivity contribution in [1.82, 2.24) is 9.80 Å². The SMILES string of the molecule is CC(=O)N1CCCN(C(=O)C(C)C)C1. The van der Waals surface area contributed by atoms with Crippen LogP contribution in [0.5, 0.6) is 0 Å². The van der Waals surface area contributed by atoms with Crippen LogP contribution < -0.4 is 0 Å². The minimum atomic E-state index is 0.0157. The predicted molar refractivity (Wildman–Crippen MR) is 53.4 cm³/mol. The summed E-state index contributed by atoms with van der Waals surface area (Å²) in [5, 5.41) is 0. The lowest BCUT2D eigenvalue weighted by atomic mass is 10.1. The largest absolute Gasteiger partial charge is 0.325 e. The Balaban J connectivity index is 2.56. The first kappa shape index (κ1) is 11.0. The molecule has 1 saturated heterocycles. The third kappa shape index (κ3) is 2.47. The molecule has 0 atom stereocenters. The van der Waals surface area contributed by atoms with E-state index in [0.29, 0.717) is 6.67 Å². The fourth-order valence-corrected chi connectivity index (χ4v) is 1.60. The molecular formula is C10H18N2O2. The molecule has 14 heavy (non-hydrogen) atoms. The predicted octanol–water partition coefficient (Wildman–Crippen LogP) is 0.681. The molecule has 0 aromatic carbocycles. The van der Waals surface area contributed by atoms with Gasteiger partial charge in [0, 0.05) is 25.9 Å². The normalized spacial score (nSPS) is 17.4. The van der Waals surface area contributed by atoms with Gasteiger partial charge in [-0.05, 0) is 6.42 Å². The molecule has 80 valence electrons. The summed E-state index contributed by atoms with van der Waals surface area (Å²) in [6.07, 6.45) is 0.887. The van der Waals surface area contributed by atoms with E-state index < -0.39 is 0 Å². The van der Waals surface area contributed by atoms with Gasteiger partial charge in [0.15, 0.2) is 0 Å². The lowest BCUT2D eigenvalue weighted by molar-refractivity contribution is -0.143. The van der Waals surface area contributed by atoms with Gasteiger partial charge in [0.05, 0.1) is 6.67 Å². The van der Waals surface area contributed by atoms with E-state index in [1.54, 1.807) is 16.7 Å². The van der Waals surface area contributed by atoms with Crippen molar-refractivity contribution in [2.45, 2.75) is 27.2 Å². The Morgan fingerprint density at radius 2 is 1.71 bits per heavy atom. The van der Waals surface area contributed by atoms with Crippen molar-refractivity contribution < 1.29 is 9.59 Å². The van der Waals surface area contributed by atoms with Crippen molar-refractivity contribution in [3.8, 4) is 0 Å². The highest BCUT2D eigenvalue weighted by atomic mass is 16.2. The van der Waals surface area contributed by atoms with Crippen LogP contribution in [0.15, 0.2) is 0 Å².